The van der Waals surface area contributed by atoms with Crippen molar-refractivity contribution in [3.05, 3.63) is 35.4 Å². The van der Waals surface area contributed by atoms with Gasteiger partial charge in [-0.25, -0.2) is 4.79 Å². The van der Waals surface area contributed by atoms with Crippen molar-refractivity contribution in [1.29, 1.82) is 0 Å². The number of hydrogen-bond donors (Lipinski definition) is 0. The van der Waals surface area contributed by atoms with Gasteiger partial charge in [-0.1, -0.05) is 34.1 Å². The minimum Gasteiger partial charge on any atom is -0.465 e. The first-order chi connectivity index (χ1) is 8.14. The second-order valence-electron chi connectivity index (χ2n) is 3.35. The highest BCUT2D eigenvalue weighted by molar-refractivity contribution is 9.08. The molecule has 0 N–H and O–H groups in total. The van der Waals surface area contributed by atoms with Crippen LogP contribution >= 0.6 is 15.9 Å². The Balaban J connectivity index is 3.25. The van der Waals surface area contributed by atoms with Crippen molar-refractivity contribution in [2.75, 3.05) is 21.3 Å². The van der Waals surface area contributed by atoms with Gasteiger partial charge < -0.3 is 14.2 Å². The molecule has 1 aromatic carbocycles. The first-order valence-corrected chi connectivity index (χ1v) is 6.10. The van der Waals surface area contributed by atoms with E-state index in [0.29, 0.717) is 10.9 Å². The number of carbonyl (C=O) groups excluding carboxylic acids is 1. The van der Waals surface area contributed by atoms with Crippen LogP contribution in [-0.4, -0.2) is 27.3 Å². The van der Waals surface area contributed by atoms with Crippen molar-refractivity contribution in [3.63, 3.8) is 0 Å². The third-order valence-corrected chi connectivity index (χ3v) is 3.14. The van der Waals surface area contributed by atoms with Crippen molar-refractivity contribution in [1.82, 2.24) is 0 Å². The molecule has 17 heavy (non-hydrogen) atoms. The summed E-state index contributed by atoms with van der Waals surface area (Å²) in [5.41, 5.74) is 1.62. The number of ether oxygens (including phenoxy) is 3. The summed E-state index contributed by atoms with van der Waals surface area (Å²) in [6, 6.07) is 7.36. The van der Waals surface area contributed by atoms with E-state index >= 15 is 0 Å². The third kappa shape index (κ3) is 2.68. The second-order valence-corrected chi connectivity index (χ2v) is 3.91. The van der Waals surface area contributed by atoms with E-state index in [2.05, 4.69) is 15.9 Å². The van der Waals surface area contributed by atoms with E-state index < -0.39 is 11.8 Å². The summed E-state index contributed by atoms with van der Waals surface area (Å²) >= 11 is 3.36. The smallest absolute Gasteiger partial charge is 0.371 e. The molecule has 4 nitrogen and oxygen atoms in total. The fourth-order valence-corrected chi connectivity index (χ4v) is 1.95. The second kappa shape index (κ2) is 6.14. The van der Waals surface area contributed by atoms with Gasteiger partial charge in [0.1, 0.15) is 0 Å². The van der Waals surface area contributed by atoms with Crippen molar-refractivity contribution < 1.29 is 19.0 Å². The van der Waals surface area contributed by atoms with Crippen LogP contribution in [0.3, 0.4) is 0 Å². The first-order valence-electron chi connectivity index (χ1n) is 4.98. The summed E-state index contributed by atoms with van der Waals surface area (Å²) in [5.74, 6) is -2.10. The fourth-order valence-electron chi connectivity index (χ4n) is 1.60. The first kappa shape index (κ1) is 14.2. The lowest BCUT2D eigenvalue weighted by Gasteiger charge is -2.28. The normalized spacial score (nSPS) is 11.3. The van der Waals surface area contributed by atoms with Gasteiger partial charge in [0.25, 0.3) is 5.79 Å². The molecule has 0 fully saturated rings. The summed E-state index contributed by atoms with van der Waals surface area (Å²) in [6.07, 6.45) is 0. The number of hydrogen-bond acceptors (Lipinski definition) is 4. The topological polar surface area (TPSA) is 44.8 Å². The van der Waals surface area contributed by atoms with E-state index in [-0.39, 0.29) is 0 Å². The van der Waals surface area contributed by atoms with Gasteiger partial charge in [0, 0.05) is 25.1 Å². The van der Waals surface area contributed by atoms with Crippen LogP contribution in [0.1, 0.15) is 11.1 Å². The molecule has 0 amide bonds. The molecule has 1 aromatic rings. The van der Waals surface area contributed by atoms with E-state index in [1.165, 1.54) is 21.3 Å². The number of methoxy groups -OCH3 is 3. The van der Waals surface area contributed by atoms with E-state index in [1.54, 1.807) is 6.07 Å². The van der Waals surface area contributed by atoms with Crippen LogP contribution in [0, 0.1) is 0 Å². The summed E-state index contributed by atoms with van der Waals surface area (Å²) < 4.78 is 15.2. The number of benzene rings is 1. The molecule has 0 spiro atoms. The number of esters is 1. The van der Waals surface area contributed by atoms with Crippen molar-refractivity contribution in [3.8, 4) is 0 Å². The zero-order valence-electron chi connectivity index (χ0n) is 10.0. The standard InChI is InChI=1S/C12H15BrO4/c1-15-11(14)12(16-2,17-3)10-6-4-5-9(7-10)8-13/h4-7H,8H2,1-3H3. The molecule has 1 rings (SSSR count). The molecule has 0 bridgehead atoms. The van der Waals surface area contributed by atoms with E-state index in [9.17, 15) is 4.79 Å². The highest BCUT2D eigenvalue weighted by Gasteiger charge is 2.42. The maximum Gasteiger partial charge on any atom is 0.371 e. The number of halogens is 1. The minimum absolute atomic E-state index is 0.589. The van der Waals surface area contributed by atoms with Crippen LogP contribution in [0.25, 0.3) is 0 Å². The van der Waals surface area contributed by atoms with Crippen LogP contribution in [-0.2, 0) is 30.1 Å². The molecular formula is C12H15BrO4. The Kier molecular flexibility index (Phi) is 5.11. The van der Waals surface area contributed by atoms with Gasteiger partial charge in [-0.3, -0.25) is 0 Å². The van der Waals surface area contributed by atoms with Gasteiger partial charge in [-0.05, 0) is 11.6 Å². The SMILES string of the molecule is COC(=O)C(OC)(OC)c1cccc(CBr)c1. The molecule has 0 unspecified atom stereocenters. The average Bonchev–Trinajstić information content (AvgIpc) is 2.40. The zero-order chi connectivity index (χ0) is 12.9. The molecule has 0 aliphatic carbocycles. The van der Waals surface area contributed by atoms with Gasteiger partial charge in [0.15, 0.2) is 0 Å². The predicted octanol–water partition coefficient (Wildman–Crippen LogP) is 2.20. The van der Waals surface area contributed by atoms with Crippen LogP contribution < -0.4 is 0 Å². The Bertz CT molecular complexity index is 388. The van der Waals surface area contributed by atoms with Gasteiger partial charge in [0.05, 0.1) is 7.11 Å². The average molecular weight is 303 g/mol. The maximum atomic E-state index is 11.8. The van der Waals surface area contributed by atoms with Gasteiger partial charge in [0.2, 0.25) is 0 Å². The fraction of sp³-hybridized carbons (Fsp3) is 0.417. The van der Waals surface area contributed by atoms with Crippen molar-refractivity contribution >= 4 is 21.9 Å². The number of carbonyl (C=O) groups is 1. The molecule has 0 saturated carbocycles. The van der Waals surface area contributed by atoms with Crippen LogP contribution in [0.4, 0.5) is 0 Å². The monoisotopic (exact) mass is 302 g/mol. The molecule has 0 radical (unpaired) electrons. The van der Waals surface area contributed by atoms with Crippen molar-refractivity contribution in [2.45, 2.75) is 11.1 Å². The van der Waals surface area contributed by atoms with Crippen LogP contribution in [0.15, 0.2) is 24.3 Å². The highest BCUT2D eigenvalue weighted by Crippen LogP contribution is 2.28. The zero-order valence-corrected chi connectivity index (χ0v) is 11.6. The Morgan fingerprint density at radius 2 is 1.94 bits per heavy atom. The van der Waals surface area contributed by atoms with Crippen LogP contribution in [0.5, 0.6) is 0 Å². The molecule has 0 saturated heterocycles. The third-order valence-electron chi connectivity index (χ3n) is 2.49. The molecule has 94 valence electrons. The molecule has 0 aromatic heterocycles. The minimum atomic E-state index is -1.51. The van der Waals surface area contributed by atoms with E-state index in [0.717, 1.165) is 5.56 Å². The lowest BCUT2D eigenvalue weighted by molar-refractivity contribution is -0.233. The van der Waals surface area contributed by atoms with Crippen molar-refractivity contribution in [2.24, 2.45) is 0 Å². The van der Waals surface area contributed by atoms with E-state index in [4.69, 9.17) is 14.2 Å². The molecule has 0 atom stereocenters. The number of rotatable bonds is 5. The summed E-state index contributed by atoms with van der Waals surface area (Å²) in [6.45, 7) is 0. The molecule has 5 heteroatoms. The van der Waals surface area contributed by atoms with Crippen LogP contribution in [0.2, 0.25) is 0 Å². The Labute approximate surface area is 109 Å². The van der Waals surface area contributed by atoms with Gasteiger partial charge >= 0.3 is 5.97 Å². The molecule has 0 aliphatic heterocycles. The molecule has 0 heterocycles. The highest BCUT2D eigenvalue weighted by atomic mass is 79.9. The Morgan fingerprint density at radius 3 is 2.41 bits per heavy atom. The Morgan fingerprint density at radius 1 is 1.29 bits per heavy atom. The molecule has 0 aliphatic rings. The summed E-state index contributed by atoms with van der Waals surface area (Å²) in [7, 11) is 4.10. The predicted molar refractivity (Wildman–Crippen MR) is 66.8 cm³/mol. The quantitative estimate of drug-likeness (QED) is 0.475. The maximum absolute atomic E-state index is 11.8. The van der Waals surface area contributed by atoms with Gasteiger partial charge in [-0.15, -0.1) is 0 Å². The number of alkyl halides is 1. The van der Waals surface area contributed by atoms with Gasteiger partial charge in [-0.2, -0.15) is 0 Å². The molecular weight excluding hydrogens is 288 g/mol. The lowest BCUT2D eigenvalue weighted by atomic mass is 10.0. The largest absolute Gasteiger partial charge is 0.465 e. The summed E-state index contributed by atoms with van der Waals surface area (Å²) in [4.78, 5) is 11.8. The Hall–Kier alpha value is -0.910. The lowest BCUT2D eigenvalue weighted by Crippen LogP contribution is -2.40. The van der Waals surface area contributed by atoms with E-state index in [1.807, 2.05) is 18.2 Å². The summed E-state index contributed by atoms with van der Waals surface area (Å²) in [5, 5.41) is 0.686.